The third-order valence-electron chi connectivity index (χ3n) is 2.73. The third kappa shape index (κ3) is 2.87. The number of carbonyl (C=O) groups is 1. The van der Waals surface area contributed by atoms with Crippen LogP contribution in [0, 0.1) is 5.82 Å². The van der Waals surface area contributed by atoms with E-state index in [1.54, 1.807) is 0 Å². The average Bonchev–Trinajstić information content (AvgIpc) is 2.50. The Balaban J connectivity index is 2.13. The molecular weight excluding hydrogens is 223 g/mol. The number of hydrogen-bond acceptors (Lipinski definition) is 3. The molecule has 1 aromatic rings. The zero-order chi connectivity index (χ0) is 12.3. The minimum Gasteiger partial charge on any atom is -0.478 e. The fourth-order valence-electron chi connectivity index (χ4n) is 1.79. The Labute approximate surface area is 98.9 Å². The van der Waals surface area contributed by atoms with Crippen LogP contribution in [-0.2, 0) is 4.79 Å². The number of halogens is 1. The molecule has 1 unspecified atom stereocenters. The molecule has 1 aliphatic rings. The molecule has 2 rings (SSSR count). The highest BCUT2D eigenvalue weighted by Gasteiger charge is 2.23. The summed E-state index contributed by atoms with van der Waals surface area (Å²) in [4.78, 5) is 11.6. The number of rotatable bonds is 2. The highest BCUT2D eigenvalue weighted by molar-refractivity contribution is 5.81. The van der Waals surface area contributed by atoms with Crippen LogP contribution in [0.3, 0.4) is 0 Å². The van der Waals surface area contributed by atoms with Crippen LogP contribution in [0.15, 0.2) is 18.2 Å². The van der Waals surface area contributed by atoms with Crippen molar-refractivity contribution in [3.05, 3.63) is 24.0 Å². The largest absolute Gasteiger partial charge is 0.478 e. The quantitative estimate of drug-likeness (QED) is 0.766. The van der Waals surface area contributed by atoms with Crippen LogP contribution < -0.4 is 15.8 Å². The van der Waals surface area contributed by atoms with Gasteiger partial charge in [-0.25, -0.2) is 4.39 Å². The van der Waals surface area contributed by atoms with Gasteiger partial charge < -0.3 is 15.8 Å². The second-order valence-corrected chi connectivity index (χ2v) is 4.08. The summed E-state index contributed by atoms with van der Waals surface area (Å²) in [5.74, 6) is -0.360. The van der Waals surface area contributed by atoms with Crippen LogP contribution in [0.2, 0.25) is 0 Å². The standard InChI is InChI=1S/C12H15FN2O2/c13-8-4-5-9(14)11(7-8)17-10-3-1-2-6-15-12(10)16/h4-5,7,10H,1-3,6,14H2,(H,15,16). The van der Waals surface area contributed by atoms with Crippen molar-refractivity contribution in [3.8, 4) is 5.75 Å². The molecular formula is C12H15FN2O2. The summed E-state index contributed by atoms with van der Waals surface area (Å²) in [6.07, 6.45) is 1.88. The molecule has 1 amide bonds. The van der Waals surface area contributed by atoms with E-state index in [1.165, 1.54) is 18.2 Å². The number of amides is 1. The van der Waals surface area contributed by atoms with Gasteiger partial charge in [-0.2, -0.15) is 0 Å². The van der Waals surface area contributed by atoms with Crippen LogP contribution in [0.1, 0.15) is 19.3 Å². The van der Waals surface area contributed by atoms with Crippen molar-refractivity contribution in [2.75, 3.05) is 12.3 Å². The molecule has 17 heavy (non-hydrogen) atoms. The van der Waals surface area contributed by atoms with Gasteiger partial charge in [-0.3, -0.25) is 4.79 Å². The predicted molar refractivity (Wildman–Crippen MR) is 62.1 cm³/mol. The van der Waals surface area contributed by atoms with Gasteiger partial charge in [0, 0.05) is 12.6 Å². The number of carbonyl (C=O) groups excluding carboxylic acids is 1. The van der Waals surface area contributed by atoms with Gasteiger partial charge in [-0.1, -0.05) is 0 Å². The maximum absolute atomic E-state index is 13.0. The molecule has 1 atom stereocenters. The van der Waals surface area contributed by atoms with E-state index in [-0.39, 0.29) is 11.7 Å². The topological polar surface area (TPSA) is 64.3 Å². The molecule has 1 fully saturated rings. The normalized spacial score (nSPS) is 20.5. The summed E-state index contributed by atoms with van der Waals surface area (Å²) in [6.45, 7) is 0.664. The Morgan fingerprint density at radius 1 is 1.41 bits per heavy atom. The summed E-state index contributed by atoms with van der Waals surface area (Å²) < 4.78 is 18.5. The lowest BCUT2D eigenvalue weighted by molar-refractivity contribution is -0.127. The van der Waals surface area contributed by atoms with Gasteiger partial charge in [0.15, 0.2) is 6.10 Å². The third-order valence-corrected chi connectivity index (χ3v) is 2.73. The minimum atomic E-state index is -0.582. The van der Waals surface area contributed by atoms with Crippen LogP contribution in [-0.4, -0.2) is 18.6 Å². The number of hydrogen-bond donors (Lipinski definition) is 2. The van der Waals surface area contributed by atoms with Gasteiger partial charge in [-0.15, -0.1) is 0 Å². The summed E-state index contributed by atoms with van der Waals surface area (Å²) in [5.41, 5.74) is 6.00. The molecule has 0 bridgehead atoms. The van der Waals surface area contributed by atoms with E-state index in [0.717, 1.165) is 12.8 Å². The summed E-state index contributed by atoms with van der Waals surface area (Å²) in [6, 6.07) is 3.89. The molecule has 1 heterocycles. The molecule has 0 aromatic heterocycles. The van der Waals surface area contributed by atoms with E-state index >= 15 is 0 Å². The smallest absolute Gasteiger partial charge is 0.261 e. The lowest BCUT2D eigenvalue weighted by Gasteiger charge is -2.17. The van der Waals surface area contributed by atoms with E-state index in [0.29, 0.717) is 18.7 Å². The Hall–Kier alpha value is -1.78. The lowest BCUT2D eigenvalue weighted by atomic mass is 10.2. The number of anilines is 1. The number of ether oxygens (including phenoxy) is 1. The van der Waals surface area contributed by atoms with Crippen LogP contribution in [0.4, 0.5) is 10.1 Å². The van der Waals surface area contributed by atoms with E-state index < -0.39 is 11.9 Å². The van der Waals surface area contributed by atoms with Gasteiger partial charge in [0.2, 0.25) is 0 Å². The number of benzene rings is 1. The lowest BCUT2D eigenvalue weighted by Crippen LogP contribution is -2.36. The van der Waals surface area contributed by atoms with Gasteiger partial charge in [0.25, 0.3) is 5.91 Å². The zero-order valence-electron chi connectivity index (χ0n) is 9.41. The molecule has 0 spiro atoms. The Morgan fingerprint density at radius 3 is 3.06 bits per heavy atom. The first-order chi connectivity index (χ1) is 8.16. The molecule has 3 N–H and O–H groups in total. The Bertz CT molecular complexity index is 423. The van der Waals surface area contributed by atoms with E-state index in [9.17, 15) is 9.18 Å². The summed E-state index contributed by atoms with van der Waals surface area (Å²) in [5, 5.41) is 2.75. The van der Waals surface area contributed by atoms with Crippen molar-refractivity contribution >= 4 is 11.6 Å². The second-order valence-electron chi connectivity index (χ2n) is 4.08. The molecule has 0 saturated carbocycles. The van der Waals surface area contributed by atoms with E-state index in [4.69, 9.17) is 10.5 Å². The molecule has 92 valence electrons. The van der Waals surface area contributed by atoms with Gasteiger partial charge in [0.1, 0.15) is 11.6 Å². The molecule has 4 nitrogen and oxygen atoms in total. The first-order valence-corrected chi connectivity index (χ1v) is 5.66. The van der Waals surface area contributed by atoms with Crippen LogP contribution >= 0.6 is 0 Å². The first-order valence-electron chi connectivity index (χ1n) is 5.66. The van der Waals surface area contributed by atoms with Gasteiger partial charge in [-0.05, 0) is 31.4 Å². The first kappa shape index (κ1) is 11.7. The maximum Gasteiger partial charge on any atom is 0.261 e. The van der Waals surface area contributed by atoms with Crippen molar-refractivity contribution in [1.29, 1.82) is 0 Å². The molecule has 1 saturated heterocycles. The number of nitrogen functional groups attached to an aromatic ring is 1. The monoisotopic (exact) mass is 238 g/mol. The highest BCUT2D eigenvalue weighted by atomic mass is 19.1. The van der Waals surface area contributed by atoms with Crippen LogP contribution in [0.25, 0.3) is 0 Å². The van der Waals surface area contributed by atoms with Crippen LogP contribution in [0.5, 0.6) is 5.75 Å². The van der Waals surface area contributed by atoms with Crippen molar-refractivity contribution < 1.29 is 13.9 Å². The predicted octanol–water partition coefficient (Wildman–Crippen LogP) is 1.46. The van der Waals surface area contributed by atoms with E-state index in [1.807, 2.05) is 0 Å². The van der Waals surface area contributed by atoms with Crippen molar-refractivity contribution in [3.63, 3.8) is 0 Å². The SMILES string of the molecule is Nc1ccc(F)cc1OC1CCCCNC1=O. The molecule has 0 radical (unpaired) electrons. The van der Waals surface area contributed by atoms with Gasteiger partial charge in [0.05, 0.1) is 5.69 Å². The molecule has 0 aliphatic carbocycles. The number of nitrogens with two attached hydrogens (primary N) is 1. The summed E-state index contributed by atoms with van der Waals surface area (Å²) >= 11 is 0. The van der Waals surface area contributed by atoms with Gasteiger partial charge >= 0.3 is 0 Å². The van der Waals surface area contributed by atoms with Crippen molar-refractivity contribution in [2.24, 2.45) is 0 Å². The van der Waals surface area contributed by atoms with Crippen molar-refractivity contribution in [1.82, 2.24) is 5.32 Å². The average molecular weight is 238 g/mol. The molecule has 5 heteroatoms. The Kier molecular flexibility index (Phi) is 3.46. The zero-order valence-corrected chi connectivity index (χ0v) is 9.41. The number of nitrogens with one attached hydrogen (secondary N) is 1. The fraction of sp³-hybridized carbons (Fsp3) is 0.417. The molecule has 1 aromatic carbocycles. The van der Waals surface area contributed by atoms with Crippen molar-refractivity contribution in [2.45, 2.75) is 25.4 Å². The maximum atomic E-state index is 13.0. The second kappa shape index (κ2) is 5.03. The molecule has 1 aliphatic heterocycles. The Morgan fingerprint density at radius 2 is 2.24 bits per heavy atom. The van der Waals surface area contributed by atoms with E-state index in [2.05, 4.69) is 5.32 Å². The summed E-state index contributed by atoms with van der Waals surface area (Å²) in [7, 11) is 0. The minimum absolute atomic E-state index is 0.161. The highest BCUT2D eigenvalue weighted by Crippen LogP contribution is 2.24. The fourth-order valence-corrected chi connectivity index (χ4v) is 1.79.